The van der Waals surface area contributed by atoms with Gasteiger partial charge in [-0.1, -0.05) is 13.8 Å². The number of hydrogen-bond donors (Lipinski definition) is 1. The molecule has 3 heteroatoms. The minimum Gasteiger partial charge on any atom is -0.453 e. The lowest BCUT2D eigenvalue weighted by molar-refractivity contribution is 0.371. The fourth-order valence-corrected chi connectivity index (χ4v) is 2.31. The van der Waals surface area contributed by atoms with E-state index in [9.17, 15) is 0 Å². The second-order valence-corrected chi connectivity index (χ2v) is 4.84. The van der Waals surface area contributed by atoms with Crippen molar-refractivity contribution in [2.24, 2.45) is 11.8 Å². The minimum absolute atomic E-state index is 0.404. The van der Waals surface area contributed by atoms with Crippen LogP contribution in [0.25, 0.3) is 0 Å². The lowest BCUT2D eigenvalue weighted by Crippen LogP contribution is -2.22. The van der Waals surface area contributed by atoms with Crippen LogP contribution in [0.4, 0.5) is 0 Å². The van der Waals surface area contributed by atoms with Crippen LogP contribution in [0.2, 0.25) is 0 Å². The Hall–Kier alpha value is -0.280. The van der Waals surface area contributed by atoms with Gasteiger partial charge in [-0.3, -0.25) is 0 Å². The van der Waals surface area contributed by atoms with Crippen LogP contribution in [0, 0.1) is 11.8 Å². The summed E-state index contributed by atoms with van der Waals surface area (Å²) in [5, 5.41) is 3.49. The van der Waals surface area contributed by atoms with Crippen molar-refractivity contribution < 1.29 is 4.42 Å². The minimum atomic E-state index is 0.404. The Morgan fingerprint density at radius 2 is 2.36 bits per heavy atom. The molecule has 3 atom stereocenters. The van der Waals surface area contributed by atoms with Gasteiger partial charge in [0.1, 0.15) is 5.76 Å². The monoisotopic (exact) mass is 257 g/mol. The maximum atomic E-state index is 5.60. The van der Waals surface area contributed by atoms with Crippen molar-refractivity contribution in [3.8, 4) is 0 Å². The SMILES string of the molecule is CCNC(c1ccc(Br)o1)C1CC1C. The molecule has 1 aliphatic rings. The first-order chi connectivity index (χ1) is 6.72. The number of halogens is 1. The molecule has 78 valence electrons. The number of rotatable bonds is 4. The highest BCUT2D eigenvalue weighted by Crippen LogP contribution is 2.47. The van der Waals surface area contributed by atoms with E-state index in [2.05, 4.69) is 41.2 Å². The van der Waals surface area contributed by atoms with Crippen molar-refractivity contribution in [1.82, 2.24) is 5.32 Å². The molecule has 0 saturated heterocycles. The third kappa shape index (κ3) is 2.04. The van der Waals surface area contributed by atoms with E-state index in [0.29, 0.717) is 6.04 Å². The third-order valence-electron chi connectivity index (χ3n) is 2.92. The molecule has 2 nitrogen and oxygen atoms in total. The van der Waals surface area contributed by atoms with Crippen LogP contribution in [-0.2, 0) is 0 Å². The van der Waals surface area contributed by atoms with Crippen molar-refractivity contribution >= 4 is 15.9 Å². The van der Waals surface area contributed by atoms with E-state index in [1.165, 1.54) is 6.42 Å². The van der Waals surface area contributed by atoms with Gasteiger partial charge in [-0.25, -0.2) is 0 Å². The smallest absolute Gasteiger partial charge is 0.169 e. The van der Waals surface area contributed by atoms with E-state index < -0.39 is 0 Å². The van der Waals surface area contributed by atoms with E-state index in [4.69, 9.17) is 4.42 Å². The molecule has 0 radical (unpaired) electrons. The van der Waals surface area contributed by atoms with Crippen molar-refractivity contribution in [2.45, 2.75) is 26.3 Å². The van der Waals surface area contributed by atoms with Crippen molar-refractivity contribution in [3.63, 3.8) is 0 Å². The second-order valence-electron chi connectivity index (χ2n) is 4.05. The van der Waals surface area contributed by atoms with E-state index in [0.717, 1.165) is 28.8 Å². The summed E-state index contributed by atoms with van der Waals surface area (Å²) in [6.45, 7) is 5.43. The molecule has 1 aliphatic carbocycles. The highest BCUT2D eigenvalue weighted by molar-refractivity contribution is 9.10. The van der Waals surface area contributed by atoms with Crippen LogP contribution >= 0.6 is 15.9 Å². The highest BCUT2D eigenvalue weighted by atomic mass is 79.9. The quantitative estimate of drug-likeness (QED) is 0.895. The van der Waals surface area contributed by atoms with Crippen LogP contribution in [-0.4, -0.2) is 6.54 Å². The molecule has 0 aliphatic heterocycles. The molecular weight excluding hydrogens is 242 g/mol. The standard InChI is InChI=1S/C11H16BrNO/c1-3-13-11(8-6-7(8)2)9-4-5-10(12)14-9/h4-5,7-8,11,13H,3,6H2,1-2H3. The zero-order chi connectivity index (χ0) is 10.1. The Morgan fingerprint density at radius 3 is 2.79 bits per heavy atom. The Balaban J connectivity index is 2.10. The van der Waals surface area contributed by atoms with Crippen molar-refractivity contribution in [2.75, 3.05) is 6.54 Å². The summed E-state index contributed by atoms with van der Waals surface area (Å²) in [6.07, 6.45) is 1.32. The van der Waals surface area contributed by atoms with Gasteiger partial charge < -0.3 is 9.73 Å². The normalized spacial score (nSPS) is 27.6. The molecule has 1 aromatic heterocycles. The lowest BCUT2D eigenvalue weighted by atomic mass is 10.1. The number of nitrogens with one attached hydrogen (secondary N) is 1. The average molecular weight is 258 g/mol. The van der Waals surface area contributed by atoms with E-state index in [-0.39, 0.29) is 0 Å². The highest BCUT2D eigenvalue weighted by Gasteiger charge is 2.41. The van der Waals surface area contributed by atoms with Gasteiger partial charge in [-0.2, -0.15) is 0 Å². The Bertz CT molecular complexity index is 310. The molecule has 0 amide bonds. The van der Waals surface area contributed by atoms with Crippen molar-refractivity contribution in [1.29, 1.82) is 0 Å². The molecular formula is C11H16BrNO. The molecule has 0 aromatic carbocycles. The van der Waals surface area contributed by atoms with Gasteiger partial charge in [0.2, 0.25) is 0 Å². The molecule has 1 N–H and O–H groups in total. The van der Waals surface area contributed by atoms with Crippen LogP contribution < -0.4 is 5.32 Å². The molecule has 0 spiro atoms. The summed E-state index contributed by atoms with van der Waals surface area (Å²) in [4.78, 5) is 0. The fraction of sp³-hybridized carbons (Fsp3) is 0.636. The van der Waals surface area contributed by atoms with Gasteiger partial charge in [0, 0.05) is 0 Å². The van der Waals surface area contributed by atoms with Crippen LogP contribution in [0.1, 0.15) is 32.1 Å². The van der Waals surface area contributed by atoms with Crippen LogP contribution in [0.15, 0.2) is 21.2 Å². The van der Waals surface area contributed by atoms with Crippen LogP contribution in [0.5, 0.6) is 0 Å². The Labute approximate surface area is 93.2 Å². The molecule has 2 rings (SSSR count). The maximum Gasteiger partial charge on any atom is 0.169 e. The maximum absolute atomic E-state index is 5.60. The van der Waals surface area contributed by atoms with E-state index in [1.54, 1.807) is 0 Å². The molecule has 14 heavy (non-hydrogen) atoms. The van der Waals surface area contributed by atoms with E-state index in [1.807, 2.05) is 6.07 Å². The molecule has 1 saturated carbocycles. The Kier molecular flexibility index (Phi) is 2.98. The molecule has 1 aromatic rings. The molecule has 1 heterocycles. The number of hydrogen-bond acceptors (Lipinski definition) is 2. The van der Waals surface area contributed by atoms with Crippen LogP contribution in [0.3, 0.4) is 0 Å². The average Bonchev–Trinajstić information content (AvgIpc) is 2.69. The summed E-state index contributed by atoms with van der Waals surface area (Å²) < 4.78 is 6.42. The summed E-state index contributed by atoms with van der Waals surface area (Å²) in [7, 11) is 0. The topological polar surface area (TPSA) is 25.2 Å². The Morgan fingerprint density at radius 1 is 1.64 bits per heavy atom. The van der Waals surface area contributed by atoms with Gasteiger partial charge in [0.15, 0.2) is 4.67 Å². The zero-order valence-electron chi connectivity index (χ0n) is 8.59. The van der Waals surface area contributed by atoms with Gasteiger partial charge in [-0.05, 0) is 52.9 Å². The van der Waals surface area contributed by atoms with Gasteiger partial charge in [0.25, 0.3) is 0 Å². The van der Waals surface area contributed by atoms with Gasteiger partial charge in [0.05, 0.1) is 6.04 Å². The first-order valence-electron chi connectivity index (χ1n) is 5.21. The summed E-state index contributed by atoms with van der Waals surface area (Å²) in [5.41, 5.74) is 0. The predicted octanol–water partition coefficient (Wildman–Crippen LogP) is 3.35. The third-order valence-corrected chi connectivity index (χ3v) is 3.35. The second kappa shape index (κ2) is 4.07. The van der Waals surface area contributed by atoms with Gasteiger partial charge in [-0.15, -0.1) is 0 Å². The van der Waals surface area contributed by atoms with Gasteiger partial charge >= 0.3 is 0 Å². The molecule has 3 unspecified atom stereocenters. The zero-order valence-corrected chi connectivity index (χ0v) is 10.2. The fourth-order valence-electron chi connectivity index (χ4n) is 1.99. The molecule has 1 fully saturated rings. The van der Waals surface area contributed by atoms with E-state index >= 15 is 0 Å². The van der Waals surface area contributed by atoms with Crippen molar-refractivity contribution in [3.05, 3.63) is 22.6 Å². The largest absolute Gasteiger partial charge is 0.453 e. The molecule has 0 bridgehead atoms. The summed E-state index contributed by atoms with van der Waals surface area (Å²) >= 11 is 3.34. The number of furan rings is 1. The summed E-state index contributed by atoms with van der Waals surface area (Å²) in [5.74, 6) is 2.66. The lowest BCUT2D eigenvalue weighted by Gasteiger charge is -2.14. The summed E-state index contributed by atoms with van der Waals surface area (Å²) in [6, 6.07) is 4.43. The first-order valence-corrected chi connectivity index (χ1v) is 6.00. The first kappa shape index (κ1) is 10.2. The predicted molar refractivity (Wildman–Crippen MR) is 60.1 cm³/mol.